The zero-order valence-electron chi connectivity index (χ0n) is 10.5. The van der Waals surface area contributed by atoms with Crippen LogP contribution in [0.4, 0.5) is 0 Å². The van der Waals surface area contributed by atoms with Crippen molar-refractivity contribution < 1.29 is 17.9 Å². The molecule has 100 valence electrons. The van der Waals surface area contributed by atoms with Crippen molar-refractivity contribution in [1.29, 1.82) is 0 Å². The molecule has 0 bridgehead atoms. The topological polar surface area (TPSA) is 84.5 Å². The molecule has 6 nitrogen and oxygen atoms in total. The van der Waals surface area contributed by atoms with Gasteiger partial charge >= 0.3 is 0 Å². The first-order valence-corrected chi connectivity index (χ1v) is 6.84. The van der Waals surface area contributed by atoms with Crippen molar-refractivity contribution in [3.8, 4) is 5.75 Å². The van der Waals surface area contributed by atoms with E-state index in [-0.39, 0.29) is 16.4 Å². The lowest BCUT2D eigenvalue weighted by molar-refractivity contribution is 0.0952. The minimum absolute atomic E-state index is 0.0204. The van der Waals surface area contributed by atoms with Crippen LogP contribution in [0.15, 0.2) is 23.1 Å². The van der Waals surface area contributed by atoms with Crippen LogP contribution in [0.2, 0.25) is 0 Å². The zero-order valence-corrected chi connectivity index (χ0v) is 11.3. The molecule has 0 unspecified atom stereocenters. The first-order valence-electron chi connectivity index (χ1n) is 5.36. The van der Waals surface area contributed by atoms with Crippen LogP contribution in [0.1, 0.15) is 17.3 Å². The quantitative estimate of drug-likeness (QED) is 0.810. The summed E-state index contributed by atoms with van der Waals surface area (Å²) in [5.74, 6) is -0.0430. The lowest BCUT2D eigenvalue weighted by atomic mass is 10.2. The van der Waals surface area contributed by atoms with Crippen LogP contribution in [0.3, 0.4) is 0 Å². The Kier molecular flexibility index (Phi) is 4.69. The lowest BCUT2D eigenvalue weighted by Crippen LogP contribution is -2.24. The molecule has 2 N–H and O–H groups in total. The van der Waals surface area contributed by atoms with Gasteiger partial charge in [0, 0.05) is 6.54 Å². The third kappa shape index (κ3) is 2.99. The molecule has 0 radical (unpaired) electrons. The average molecular weight is 272 g/mol. The average Bonchev–Trinajstić information content (AvgIpc) is 2.38. The molecule has 0 atom stereocenters. The van der Waals surface area contributed by atoms with Crippen molar-refractivity contribution in [3.05, 3.63) is 23.8 Å². The number of hydrogen-bond donors (Lipinski definition) is 2. The molecule has 1 aromatic carbocycles. The summed E-state index contributed by atoms with van der Waals surface area (Å²) in [6.45, 7) is 2.23. The van der Waals surface area contributed by atoms with Crippen molar-refractivity contribution in [2.75, 3.05) is 20.7 Å². The van der Waals surface area contributed by atoms with Gasteiger partial charge in [-0.3, -0.25) is 4.79 Å². The van der Waals surface area contributed by atoms with Crippen LogP contribution in [0.25, 0.3) is 0 Å². The molecule has 0 fully saturated rings. The first-order chi connectivity index (χ1) is 8.46. The zero-order chi connectivity index (χ0) is 13.8. The van der Waals surface area contributed by atoms with E-state index in [0.29, 0.717) is 12.3 Å². The summed E-state index contributed by atoms with van der Waals surface area (Å²) in [5, 5.41) is 2.60. The van der Waals surface area contributed by atoms with E-state index in [2.05, 4.69) is 10.0 Å². The molecular formula is C11H16N2O4S. The highest BCUT2D eigenvalue weighted by atomic mass is 32.2. The maximum absolute atomic E-state index is 11.8. The molecule has 0 saturated carbocycles. The second-order valence-corrected chi connectivity index (χ2v) is 5.32. The fourth-order valence-electron chi connectivity index (χ4n) is 1.41. The van der Waals surface area contributed by atoms with E-state index in [0.717, 1.165) is 0 Å². The van der Waals surface area contributed by atoms with Gasteiger partial charge < -0.3 is 10.1 Å². The van der Waals surface area contributed by atoms with Crippen LogP contribution in [0.5, 0.6) is 5.75 Å². The van der Waals surface area contributed by atoms with Gasteiger partial charge in [-0.25, -0.2) is 13.1 Å². The number of hydrogen-bond acceptors (Lipinski definition) is 4. The predicted octanol–water partition coefficient (Wildman–Crippen LogP) is 0.353. The van der Waals surface area contributed by atoms with E-state index in [1.807, 2.05) is 0 Å². The minimum atomic E-state index is -3.58. The molecule has 1 aromatic rings. The van der Waals surface area contributed by atoms with Crippen molar-refractivity contribution in [2.24, 2.45) is 0 Å². The minimum Gasteiger partial charge on any atom is -0.496 e. The monoisotopic (exact) mass is 272 g/mol. The van der Waals surface area contributed by atoms with Crippen LogP contribution >= 0.6 is 0 Å². The molecule has 7 heteroatoms. The second kappa shape index (κ2) is 5.83. The molecule has 0 aliphatic rings. The summed E-state index contributed by atoms with van der Waals surface area (Å²) in [6.07, 6.45) is 0. The highest BCUT2D eigenvalue weighted by molar-refractivity contribution is 7.89. The molecular weight excluding hydrogens is 256 g/mol. The largest absolute Gasteiger partial charge is 0.496 e. The van der Waals surface area contributed by atoms with Gasteiger partial charge in [0.15, 0.2) is 0 Å². The number of amides is 1. The Balaban J connectivity index is 3.30. The van der Waals surface area contributed by atoms with Crippen LogP contribution in [0, 0.1) is 0 Å². The van der Waals surface area contributed by atoms with Gasteiger partial charge in [0.05, 0.1) is 17.6 Å². The van der Waals surface area contributed by atoms with Gasteiger partial charge in [-0.05, 0) is 32.2 Å². The summed E-state index contributed by atoms with van der Waals surface area (Å²) in [7, 11) is -0.848. The van der Waals surface area contributed by atoms with E-state index in [9.17, 15) is 13.2 Å². The Bertz CT molecular complexity index is 540. The van der Waals surface area contributed by atoms with Gasteiger partial charge in [0.25, 0.3) is 5.91 Å². The molecule has 1 rings (SSSR count). The standard InChI is InChI=1S/C11H16N2O4S/c1-4-13-11(14)9-7-8(18(15,16)12-2)5-6-10(9)17-3/h5-7,12H,4H2,1-3H3,(H,13,14). The van der Waals surface area contributed by atoms with Gasteiger partial charge in [0.1, 0.15) is 5.75 Å². The lowest BCUT2D eigenvalue weighted by Gasteiger charge is -2.10. The van der Waals surface area contributed by atoms with E-state index in [1.54, 1.807) is 6.92 Å². The summed E-state index contributed by atoms with van der Waals surface area (Å²) < 4.78 is 30.5. The van der Waals surface area contributed by atoms with Crippen molar-refractivity contribution >= 4 is 15.9 Å². The summed E-state index contributed by atoms with van der Waals surface area (Å²) in [5.41, 5.74) is 0.190. The normalized spacial score (nSPS) is 11.1. The van der Waals surface area contributed by atoms with Crippen LogP contribution < -0.4 is 14.8 Å². The Morgan fingerprint density at radius 2 is 2.06 bits per heavy atom. The number of sulfonamides is 1. The number of benzene rings is 1. The highest BCUT2D eigenvalue weighted by Gasteiger charge is 2.18. The van der Waals surface area contributed by atoms with Gasteiger partial charge in [-0.2, -0.15) is 0 Å². The number of ether oxygens (including phenoxy) is 1. The highest BCUT2D eigenvalue weighted by Crippen LogP contribution is 2.22. The van der Waals surface area contributed by atoms with Crippen molar-refractivity contribution in [1.82, 2.24) is 10.0 Å². The van der Waals surface area contributed by atoms with Crippen molar-refractivity contribution in [2.45, 2.75) is 11.8 Å². The molecule has 0 saturated heterocycles. The summed E-state index contributed by atoms with van der Waals surface area (Å²) in [4.78, 5) is 11.8. The second-order valence-electron chi connectivity index (χ2n) is 3.43. The molecule has 0 heterocycles. The van der Waals surface area contributed by atoms with Crippen LogP contribution in [-0.2, 0) is 10.0 Å². The van der Waals surface area contributed by atoms with E-state index in [1.165, 1.54) is 32.4 Å². The maximum Gasteiger partial charge on any atom is 0.255 e. The fourth-order valence-corrected chi connectivity index (χ4v) is 2.16. The number of rotatable bonds is 5. The Labute approximate surface area is 106 Å². The fraction of sp³-hybridized carbons (Fsp3) is 0.364. The Morgan fingerprint density at radius 1 is 1.39 bits per heavy atom. The predicted molar refractivity (Wildman–Crippen MR) is 67.2 cm³/mol. The number of methoxy groups -OCH3 is 1. The van der Waals surface area contributed by atoms with Crippen molar-refractivity contribution in [3.63, 3.8) is 0 Å². The third-order valence-electron chi connectivity index (χ3n) is 2.33. The first kappa shape index (κ1) is 14.5. The molecule has 0 aliphatic carbocycles. The maximum atomic E-state index is 11.8. The SMILES string of the molecule is CCNC(=O)c1cc(S(=O)(=O)NC)ccc1OC. The van der Waals surface area contributed by atoms with Crippen LogP contribution in [-0.4, -0.2) is 35.0 Å². The molecule has 18 heavy (non-hydrogen) atoms. The van der Waals surface area contributed by atoms with Gasteiger partial charge in [0.2, 0.25) is 10.0 Å². The Morgan fingerprint density at radius 3 is 2.56 bits per heavy atom. The molecule has 1 amide bonds. The summed E-state index contributed by atoms with van der Waals surface area (Å²) in [6, 6.07) is 4.12. The van der Waals surface area contributed by atoms with E-state index in [4.69, 9.17) is 4.74 Å². The molecule has 0 aromatic heterocycles. The third-order valence-corrected chi connectivity index (χ3v) is 3.74. The Hall–Kier alpha value is -1.60. The smallest absolute Gasteiger partial charge is 0.255 e. The van der Waals surface area contributed by atoms with Gasteiger partial charge in [-0.1, -0.05) is 0 Å². The number of carbonyl (C=O) groups is 1. The van der Waals surface area contributed by atoms with E-state index >= 15 is 0 Å². The van der Waals surface area contributed by atoms with E-state index < -0.39 is 10.0 Å². The number of carbonyl (C=O) groups excluding carboxylic acids is 1. The molecule has 0 aliphatic heterocycles. The molecule has 0 spiro atoms. The van der Waals surface area contributed by atoms with Gasteiger partial charge in [-0.15, -0.1) is 0 Å². The summed E-state index contributed by atoms with van der Waals surface area (Å²) >= 11 is 0. The number of nitrogens with one attached hydrogen (secondary N) is 2.